The fraction of sp³-hybridized carbons (Fsp3) is 0.0556. The van der Waals surface area contributed by atoms with E-state index in [1.807, 2.05) is 22.7 Å². The maximum absolute atomic E-state index is 12.3. The molecular weight excluding hydrogens is 370 g/mol. The van der Waals surface area contributed by atoms with Gasteiger partial charge in [-0.15, -0.1) is 0 Å². The minimum Gasteiger partial charge on any atom is -0.326 e. The summed E-state index contributed by atoms with van der Waals surface area (Å²) in [6.07, 6.45) is 6.82. The lowest BCUT2D eigenvalue weighted by molar-refractivity contribution is -0.114. The molecule has 24 heavy (non-hydrogen) atoms. The molecule has 0 unspecified atom stereocenters. The molecule has 120 valence electrons. The molecule has 3 aromatic rings. The number of nitrogens with one attached hydrogen (secondary N) is 1. The maximum atomic E-state index is 12.3. The molecule has 0 saturated carbocycles. The Kier molecular flexibility index (Phi) is 4.57. The summed E-state index contributed by atoms with van der Waals surface area (Å²) >= 11 is 3.42. The molecule has 1 aromatic carbocycles. The molecule has 0 aliphatic carbocycles. The van der Waals surface area contributed by atoms with Crippen molar-refractivity contribution in [3.05, 3.63) is 70.6 Å². The Hall–Kier alpha value is -2.73. The third kappa shape index (κ3) is 3.60. The fourth-order valence-electron chi connectivity index (χ4n) is 2.31. The summed E-state index contributed by atoms with van der Waals surface area (Å²) < 4.78 is 2.82. The summed E-state index contributed by atoms with van der Waals surface area (Å²) in [5, 5.41) is 2.67. The van der Waals surface area contributed by atoms with E-state index in [0.29, 0.717) is 11.3 Å². The number of rotatable bonds is 4. The van der Waals surface area contributed by atoms with Crippen molar-refractivity contribution in [2.75, 3.05) is 5.32 Å². The summed E-state index contributed by atoms with van der Waals surface area (Å²) in [5.41, 5.74) is 2.71. The number of anilines is 1. The van der Waals surface area contributed by atoms with Gasteiger partial charge in [0.2, 0.25) is 5.91 Å². The van der Waals surface area contributed by atoms with E-state index in [2.05, 4.69) is 26.2 Å². The van der Waals surface area contributed by atoms with Crippen LogP contribution in [0.15, 0.2) is 59.3 Å². The summed E-state index contributed by atoms with van der Waals surface area (Å²) in [6, 6.07) is 10.6. The number of halogens is 1. The fourth-order valence-corrected chi connectivity index (χ4v) is 2.64. The highest BCUT2D eigenvalue weighted by Crippen LogP contribution is 2.16. The van der Waals surface area contributed by atoms with Crippen molar-refractivity contribution in [2.24, 2.45) is 0 Å². The molecule has 0 bridgehead atoms. The Bertz CT molecular complexity index is 960. The van der Waals surface area contributed by atoms with Gasteiger partial charge in [0.25, 0.3) is 0 Å². The Morgan fingerprint density at radius 1 is 1.25 bits per heavy atom. The van der Waals surface area contributed by atoms with E-state index in [1.165, 1.54) is 13.0 Å². The zero-order valence-corrected chi connectivity index (χ0v) is 14.4. The molecule has 5 nitrogen and oxygen atoms in total. The number of ketones is 1. The van der Waals surface area contributed by atoms with Gasteiger partial charge in [-0.25, -0.2) is 4.98 Å². The van der Waals surface area contributed by atoms with Crippen molar-refractivity contribution in [1.82, 2.24) is 9.38 Å². The van der Waals surface area contributed by atoms with E-state index < -0.39 is 0 Å². The lowest BCUT2D eigenvalue weighted by Gasteiger charge is -2.03. The number of pyridine rings is 1. The maximum Gasteiger partial charge on any atom is 0.221 e. The summed E-state index contributed by atoms with van der Waals surface area (Å²) in [5.74, 6) is -0.321. The largest absolute Gasteiger partial charge is 0.326 e. The number of benzene rings is 1. The van der Waals surface area contributed by atoms with E-state index in [-0.39, 0.29) is 11.7 Å². The van der Waals surface area contributed by atoms with E-state index in [9.17, 15) is 9.59 Å². The summed E-state index contributed by atoms with van der Waals surface area (Å²) in [7, 11) is 0. The zero-order chi connectivity index (χ0) is 17.1. The smallest absolute Gasteiger partial charge is 0.221 e. The molecule has 2 aromatic heterocycles. The number of allylic oxidation sites excluding steroid dienone is 1. The number of carbonyl (C=O) groups excluding carboxylic acids is 2. The second-order valence-electron chi connectivity index (χ2n) is 5.22. The number of aromatic nitrogens is 2. The molecule has 0 saturated heterocycles. The number of carbonyl (C=O) groups is 2. The monoisotopic (exact) mass is 383 g/mol. The van der Waals surface area contributed by atoms with Gasteiger partial charge in [0.1, 0.15) is 5.65 Å². The quantitative estimate of drug-likeness (QED) is 0.547. The highest BCUT2D eigenvalue weighted by atomic mass is 79.9. The zero-order valence-electron chi connectivity index (χ0n) is 12.9. The Morgan fingerprint density at radius 2 is 2.08 bits per heavy atom. The van der Waals surface area contributed by atoms with Gasteiger partial charge in [-0.2, -0.15) is 0 Å². The van der Waals surface area contributed by atoms with Gasteiger partial charge in [-0.3, -0.25) is 14.0 Å². The minimum atomic E-state index is -0.175. The number of nitrogens with zero attached hydrogens (tertiary/aromatic N) is 2. The molecule has 0 radical (unpaired) electrons. The van der Waals surface area contributed by atoms with Crippen molar-refractivity contribution < 1.29 is 9.59 Å². The number of imidazole rings is 1. The standard InChI is InChI=1S/C18H14BrN3O2/c1-12(23)21-15-4-2-3-13(9-15)17(24)7-6-16-10-20-18-8-5-14(19)11-22(16)18/h2-11H,1H3,(H,21,23)/b7-6+. The van der Waals surface area contributed by atoms with Crippen LogP contribution >= 0.6 is 15.9 Å². The highest BCUT2D eigenvalue weighted by Gasteiger charge is 2.05. The molecular formula is C18H14BrN3O2. The normalized spacial score (nSPS) is 11.1. The first kappa shape index (κ1) is 16.1. The third-order valence-corrected chi connectivity index (χ3v) is 3.84. The van der Waals surface area contributed by atoms with Crippen molar-refractivity contribution in [1.29, 1.82) is 0 Å². The number of hydrogen-bond acceptors (Lipinski definition) is 3. The van der Waals surface area contributed by atoms with Crippen LogP contribution in [0.1, 0.15) is 23.0 Å². The van der Waals surface area contributed by atoms with Gasteiger partial charge < -0.3 is 5.32 Å². The predicted molar refractivity (Wildman–Crippen MR) is 97.0 cm³/mol. The molecule has 3 rings (SSSR count). The van der Waals surface area contributed by atoms with Gasteiger partial charge in [0, 0.05) is 28.8 Å². The van der Waals surface area contributed by atoms with Crippen LogP contribution in [0.2, 0.25) is 0 Å². The summed E-state index contributed by atoms with van der Waals surface area (Å²) in [4.78, 5) is 27.7. The average Bonchev–Trinajstić information content (AvgIpc) is 2.94. The van der Waals surface area contributed by atoms with Gasteiger partial charge in [0.05, 0.1) is 11.9 Å². The molecule has 1 N–H and O–H groups in total. The molecule has 2 heterocycles. The van der Waals surface area contributed by atoms with Crippen LogP contribution in [-0.2, 0) is 4.79 Å². The average molecular weight is 384 g/mol. The molecule has 6 heteroatoms. The Labute approximate surface area is 147 Å². The van der Waals surface area contributed by atoms with E-state index >= 15 is 0 Å². The van der Waals surface area contributed by atoms with Crippen LogP contribution in [0.3, 0.4) is 0 Å². The van der Waals surface area contributed by atoms with Crippen molar-refractivity contribution in [3.63, 3.8) is 0 Å². The van der Waals surface area contributed by atoms with E-state index in [4.69, 9.17) is 0 Å². The van der Waals surface area contributed by atoms with Crippen LogP contribution < -0.4 is 5.32 Å². The van der Waals surface area contributed by atoms with Gasteiger partial charge in [-0.1, -0.05) is 12.1 Å². The van der Waals surface area contributed by atoms with Crippen molar-refractivity contribution >= 4 is 45.0 Å². The van der Waals surface area contributed by atoms with Crippen molar-refractivity contribution in [2.45, 2.75) is 6.92 Å². The molecule has 0 aliphatic heterocycles. The van der Waals surface area contributed by atoms with E-state index in [0.717, 1.165) is 15.8 Å². The van der Waals surface area contributed by atoms with Crippen LogP contribution in [0.4, 0.5) is 5.69 Å². The SMILES string of the molecule is CC(=O)Nc1cccc(C(=O)/C=C/c2cnc3ccc(Br)cn23)c1. The Morgan fingerprint density at radius 3 is 2.88 bits per heavy atom. The first-order chi connectivity index (χ1) is 11.5. The molecule has 0 aliphatic rings. The molecule has 1 amide bonds. The van der Waals surface area contributed by atoms with Gasteiger partial charge in [-0.05, 0) is 52.3 Å². The van der Waals surface area contributed by atoms with Gasteiger partial charge >= 0.3 is 0 Å². The van der Waals surface area contributed by atoms with Crippen LogP contribution in [0.25, 0.3) is 11.7 Å². The first-order valence-corrected chi connectivity index (χ1v) is 8.05. The highest BCUT2D eigenvalue weighted by molar-refractivity contribution is 9.10. The van der Waals surface area contributed by atoms with E-state index in [1.54, 1.807) is 36.5 Å². The third-order valence-electron chi connectivity index (χ3n) is 3.37. The van der Waals surface area contributed by atoms with Gasteiger partial charge in [0.15, 0.2) is 5.78 Å². The minimum absolute atomic E-state index is 0.146. The van der Waals surface area contributed by atoms with Crippen LogP contribution in [0.5, 0.6) is 0 Å². The lowest BCUT2D eigenvalue weighted by Crippen LogP contribution is -2.06. The predicted octanol–water partition coefficient (Wildman–Crippen LogP) is 3.95. The topological polar surface area (TPSA) is 63.5 Å². The Balaban J connectivity index is 1.84. The molecule has 0 atom stereocenters. The first-order valence-electron chi connectivity index (χ1n) is 7.25. The molecule has 0 fully saturated rings. The van der Waals surface area contributed by atoms with Crippen LogP contribution in [-0.4, -0.2) is 21.1 Å². The van der Waals surface area contributed by atoms with Crippen molar-refractivity contribution in [3.8, 4) is 0 Å². The number of fused-ring (bicyclic) bond motifs is 1. The lowest BCUT2D eigenvalue weighted by atomic mass is 10.1. The number of amides is 1. The summed E-state index contributed by atoms with van der Waals surface area (Å²) in [6.45, 7) is 1.43. The molecule has 0 spiro atoms. The number of hydrogen-bond donors (Lipinski definition) is 1. The second-order valence-corrected chi connectivity index (χ2v) is 6.13. The second kappa shape index (κ2) is 6.80. The van der Waals surface area contributed by atoms with Crippen LogP contribution in [0, 0.1) is 0 Å².